The molecule has 130 valence electrons. The summed E-state index contributed by atoms with van der Waals surface area (Å²) in [6.07, 6.45) is 0. The number of carbonyl (C=O) groups is 2. The first-order valence-electron chi connectivity index (χ1n) is 7.38. The summed E-state index contributed by atoms with van der Waals surface area (Å²) in [6, 6.07) is 6.62. The molecule has 0 aliphatic carbocycles. The molecular formula is C16H26ClN3O3. The number of likely N-dealkylation sites (N-methyl/N-ethyl adjacent to an activating group) is 1. The Hall–Kier alpha value is -1.79. The monoisotopic (exact) mass is 343 g/mol. The summed E-state index contributed by atoms with van der Waals surface area (Å²) >= 11 is 0. The van der Waals surface area contributed by atoms with Crippen LogP contribution >= 0.6 is 12.4 Å². The topological polar surface area (TPSA) is 84.7 Å². The molecule has 0 spiro atoms. The van der Waals surface area contributed by atoms with Crippen LogP contribution < -0.4 is 20.7 Å². The maximum Gasteiger partial charge on any atom is 0.246 e. The first-order chi connectivity index (χ1) is 10.4. The Morgan fingerprint density at radius 3 is 2.52 bits per heavy atom. The van der Waals surface area contributed by atoms with E-state index in [1.165, 1.54) is 0 Å². The molecular weight excluding hydrogens is 318 g/mol. The van der Waals surface area contributed by atoms with Gasteiger partial charge in [0.05, 0.1) is 19.7 Å². The van der Waals surface area contributed by atoms with Crippen LogP contribution in [-0.2, 0) is 9.59 Å². The first-order valence-corrected chi connectivity index (χ1v) is 7.38. The van der Waals surface area contributed by atoms with Crippen LogP contribution in [0.3, 0.4) is 0 Å². The molecule has 2 amide bonds. The first kappa shape index (κ1) is 21.2. The van der Waals surface area contributed by atoms with Crippen molar-refractivity contribution in [1.29, 1.82) is 0 Å². The lowest BCUT2D eigenvalue weighted by atomic mass is 10.1. The zero-order chi connectivity index (χ0) is 16.7. The van der Waals surface area contributed by atoms with Crippen LogP contribution in [0.2, 0.25) is 0 Å². The normalized spacial score (nSPS) is 11.4. The van der Waals surface area contributed by atoms with E-state index in [9.17, 15) is 9.59 Å². The van der Waals surface area contributed by atoms with Crippen molar-refractivity contribution in [3.8, 4) is 5.75 Å². The summed E-state index contributed by atoms with van der Waals surface area (Å²) in [6.45, 7) is 6.02. The maximum absolute atomic E-state index is 12.3. The van der Waals surface area contributed by atoms with E-state index in [-0.39, 0.29) is 36.7 Å². The fraction of sp³-hybridized carbons (Fsp3) is 0.500. The molecule has 0 heterocycles. The zero-order valence-corrected chi connectivity index (χ0v) is 14.9. The number of nitrogens with two attached hydrogens (primary N) is 1. The highest BCUT2D eigenvalue weighted by Gasteiger charge is 2.20. The minimum absolute atomic E-state index is 0. The number of nitrogens with zero attached hydrogens (tertiary/aromatic N) is 1. The average Bonchev–Trinajstić information content (AvgIpc) is 2.52. The van der Waals surface area contributed by atoms with E-state index in [1.807, 2.05) is 39.0 Å². The van der Waals surface area contributed by atoms with E-state index >= 15 is 0 Å². The van der Waals surface area contributed by atoms with Crippen molar-refractivity contribution >= 4 is 29.9 Å². The lowest BCUT2D eigenvalue weighted by Crippen LogP contribution is -2.48. The molecule has 0 saturated heterocycles. The molecule has 0 aliphatic rings. The fourth-order valence-corrected chi connectivity index (χ4v) is 1.96. The van der Waals surface area contributed by atoms with Crippen LogP contribution in [0.4, 0.5) is 5.69 Å². The van der Waals surface area contributed by atoms with Crippen LogP contribution in [0.25, 0.3) is 0 Å². The fourth-order valence-electron chi connectivity index (χ4n) is 1.96. The van der Waals surface area contributed by atoms with Crippen LogP contribution in [0.5, 0.6) is 5.75 Å². The molecule has 1 atom stereocenters. The van der Waals surface area contributed by atoms with Crippen molar-refractivity contribution in [2.45, 2.75) is 26.8 Å². The average molecular weight is 344 g/mol. The van der Waals surface area contributed by atoms with E-state index in [1.54, 1.807) is 18.1 Å². The quantitative estimate of drug-likeness (QED) is 0.787. The molecule has 0 fully saturated rings. The van der Waals surface area contributed by atoms with Crippen LogP contribution in [0.1, 0.15) is 20.8 Å². The number of amides is 2. The summed E-state index contributed by atoms with van der Waals surface area (Å²) in [7, 11) is 1.57. The van der Waals surface area contributed by atoms with E-state index in [2.05, 4.69) is 5.32 Å². The van der Waals surface area contributed by atoms with Gasteiger partial charge in [0.25, 0.3) is 0 Å². The molecule has 1 aromatic rings. The highest BCUT2D eigenvalue weighted by molar-refractivity contribution is 5.97. The van der Waals surface area contributed by atoms with Crippen LogP contribution in [0.15, 0.2) is 24.3 Å². The Morgan fingerprint density at radius 2 is 2.00 bits per heavy atom. The van der Waals surface area contributed by atoms with Gasteiger partial charge in [0.1, 0.15) is 5.75 Å². The predicted molar refractivity (Wildman–Crippen MR) is 94.1 cm³/mol. The Balaban J connectivity index is 0.00000484. The van der Waals surface area contributed by atoms with Crippen molar-refractivity contribution in [2.75, 3.05) is 25.1 Å². The number of hydrogen-bond acceptors (Lipinski definition) is 4. The Morgan fingerprint density at radius 1 is 1.35 bits per heavy atom. The summed E-state index contributed by atoms with van der Waals surface area (Å²) in [5, 5.41) is 2.59. The van der Waals surface area contributed by atoms with Crippen molar-refractivity contribution in [2.24, 2.45) is 11.7 Å². The van der Waals surface area contributed by atoms with E-state index < -0.39 is 6.04 Å². The molecule has 23 heavy (non-hydrogen) atoms. The molecule has 3 N–H and O–H groups in total. The van der Waals surface area contributed by atoms with Crippen LogP contribution in [0, 0.1) is 5.92 Å². The van der Waals surface area contributed by atoms with Gasteiger partial charge < -0.3 is 20.7 Å². The number of ether oxygens (including phenoxy) is 1. The zero-order valence-electron chi connectivity index (χ0n) is 14.0. The van der Waals surface area contributed by atoms with Gasteiger partial charge >= 0.3 is 0 Å². The summed E-state index contributed by atoms with van der Waals surface area (Å²) in [5.41, 5.74) is 6.48. The minimum atomic E-state index is -0.611. The summed E-state index contributed by atoms with van der Waals surface area (Å²) < 4.78 is 5.16. The highest BCUT2D eigenvalue weighted by atomic mass is 35.5. The molecule has 0 unspecified atom stereocenters. The number of halogens is 1. The number of hydrogen-bond donors (Lipinski definition) is 2. The molecule has 1 rings (SSSR count). The van der Waals surface area contributed by atoms with Gasteiger partial charge in [-0.15, -0.1) is 12.4 Å². The Kier molecular flexibility index (Phi) is 9.29. The second kappa shape index (κ2) is 10.1. The number of methoxy groups -OCH3 is 1. The molecule has 0 saturated carbocycles. The van der Waals surface area contributed by atoms with Gasteiger partial charge in [-0.1, -0.05) is 19.9 Å². The molecule has 6 nitrogen and oxygen atoms in total. The van der Waals surface area contributed by atoms with Crippen molar-refractivity contribution in [3.05, 3.63) is 24.3 Å². The lowest BCUT2D eigenvalue weighted by molar-refractivity contribution is -0.126. The smallest absolute Gasteiger partial charge is 0.246 e. The van der Waals surface area contributed by atoms with E-state index in [0.29, 0.717) is 12.3 Å². The predicted octanol–water partition coefficient (Wildman–Crippen LogP) is 1.57. The molecule has 7 heteroatoms. The largest absolute Gasteiger partial charge is 0.497 e. The number of nitrogens with one attached hydrogen (secondary N) is 1. The number of benzene rings is 1. The SMILES string of the molecule is CCN(C(=O)CNC(=O)[C@@H](N)C(C)C)c1cccc(OC)c1.Cl. The summed E-state index contributed by atoms with van der Waals surface area (Å²) in [4.78, 5) is 25.7. The van der Waals surface area contributed by atoms with E-state index in [0.717, 1.165) is 5.69 Å². The molecule has 0 bridgehead atoms. The molecule has 0 radical (unpaired) electrons. The van der Waals surface area contributed by atoms with E-state index in [4.69, 9.17) is 10.5 Å². The molecule has 0 aliphatic heterocycles. The third-order valence-corrected chi connectivity index (χ3v) is 3.42. The van der Waals surface area contributed by atoms with Gasteiger partial charge in [-0.05, 0) is 25.0 Å². The summed E-state index contributed by atoms with van der Waals surface area (Å²) in [5.74, 6) is 0.190. The van der Waals surface area contributed by atoms with Gasteiger partial charge in [-0.25, -0.2) is 0 Å². The van der Waals surface area contributed by atoms with Gasteiger partial charge in [-0.3, -0.25) is 9.59 Å². The Labute approximate surface area is 143 Å². The van der Waals surface area contributed by atoms with Crippen molar-refractivity contribution in [3.63, 3.8) is 0 Å². The van der Waals surface area contributed by atoms with Gasteiger partial charge in [-0.2, -0.15) is 0 Å². The second-order valence-electron chi connectivity index (χ2n) is 5.33. The maximum atomic E-state index is 12.3. The van der Waals surface area contributed by atoms with Crippen molar-refractivity contribution in [1.82, 2.24) is 5.32 Å². The van der Waals surface area contributed by atoms with Gasteiger partial charge in [0.2, 0.25) is 11.8 Å². The Bertz CT molecular complexity index is 523. The lowest BCUT2D eigenvalue weighted by Gasteiger charge is -2.22. The highest BCUT2D eigenvalue weighted by Crippen LogP contribution is 2.20. The number of anilines is 1. The van der Waals surface area contributed by atoms with Gasteiger partial charge in [0.15, 0.2) is 0 Å². The number of rotatable bonds is 7. The standard InChI is InChI=1S/C16H25N3O3.ClH/c1-5-19(12-7-6-8-13(9-12)22-4)14(20)10-18-16(21)15(17)11(2)3;/h6-9,11,15H,5,10,17H2,1-4H3,(H,18,21);1H/t15-;/m0./s1. The van der Waals surface area contributed by atoms with Crippen molar-refractivity contribution < 1.29 is 14.3 Å². The molecule has 1 aromatic carbocycles. The second-order valence-corrected chi connectivity index (χ2v) is 5.33. The van der Waals surface area contributed by atoms with Crippen LogP contribution in [-0.4, -0.2) is 38.1 Å². The third kappa shape index (κ3) is 6.08. The molecule has 0 aromatic heterocycles. The minimum Gasteiger partial charge on any atom is -0.497 e. The third-order valence-electron chi connectivity index (χ3n) is 3.42. The van der Waals surface area contributed by atoms with Gasteiger partial charge in [0, 0.05) is 18.3 Å². The number of carbonyl (C=O) groups excluding carboxylic acids is 2.